The number of likely N-dealkylation sites (tertiary alicyclic amines) is 1. The van der Waals surface area contributed by atoms with Gasteiger partial charge >= 0.3 is 6.03 Å². The van der Waals surface area contributed by atoms with Crippen LogP contribution in [0.1, 0.15) is 69.6 Å². The molecule has 6 rings (SSSR count). The predicted molar refractivity (Wildman–Crippen MR) is 206 cm³/mol. The zero-order chi connectivity index (χ0) is 37.9. The molecule has 53 heavy (non-hydrogen) atoms. The van der Waals surface area contributed by atoms with Crippen LogP contribution in [0.15, 0.2) is 66.0 Å². The highest BCUT2D eigenvalue weighted by molar-refractivity contribution is 7.92. The molecule has 13 nitrogen and oxygen atoms in total. The Balaban J connectivity index is 1.16. The number of benzene rings is 2. The molecule has 280 valence electrons. The topological polar surface area (TPSA) is 159 Å². The summed E-state index contributed by atoms with van der Waals surface area (Å²) in [5.74, 6) is 1.28. The van der Waals surface area contributed by atoms with E-state index in [4.69, 9.17) is 16.3 Å². The van der Waals surface area contributed by atoms with Crippen molar-refractivity contribution in [1.82, 2.24) is 25.2 Å². The number of aromatic nitrogens is 3. The van der Waals surface area contributed by atoms with E-state index in [1.165, 1.54) is 11.8 Å². The number of carbonyl (C=O) groups excluding carboxylic acids is 2. The maximum atomic E-state index is 13.0. The van der Waals surface area contributed by atoms with Gasteiger partial charge in [0.2, 0.25) is 11.9 Å². The second-order valence-corrected chi connectivity index (χ2v) is 16.8. The number of nitrogens with zero attached hydrogens (tertiary/aromatic N) is 5. The van der Waals surface area contributed by atoms with Crippen LogP contribution < -0.4 is 25.6 Å². The number of hydrogen-bond acceptors (Lipinski definition) is 11. The standard InChI is InChI=1S/C38H45ClN8O5S/c1-23(2)52-33-18-29(27-10-13-46(14-11-27)22-26-17-28(20-40-19-26)47-15-12-35(48)44-38(47)49)25(5)16-32(33)43-37-41-21-30(39)36(45-37)42-31-8-6-7-9-34(31)53(50,51)24(3)4/h6-9,16-21,23-24,27H,10-15,22H2,1-5H3,(H,44,48,49)(H2,41,42,43,45). The number of urea groups is 1. The van der Waals surface area contributed by atoms with Crippen LogP contribution in [-0.4, -0.2) is 71.2 Å². The Morgan fingerprint density at radius 3 is 2.45 bits per heavy atom. The highest BCUT2D eigenvalue weighted by atomic mass is 35.5. The molecule has 3 N–H and O–H groups in total. The van der Waals surface area contributed by atoms with Gasteiger partial charge in [-0.1, -0.05) is 23.7 Å². The number of rotatable bonds is 12. The molecule has 0 radical (unpaired) electrons. The first kappa shape index (κ1) is 38.0. The van der Waals surface area contributed by atoms with Crippen LogP contribution in [0.3, 0.4) is 0 Å². The Hall–Kier alpha value is -4.79. The third-order valence-corrected chi connectivity index (χ3v) is 11.9. The maximum Gasteiger partial charge on any atom is 0.328 e. The average Bonchev–Trinajstić information content (AvgIpc) is 3.11. The molecule has 2 fully saturated rings. The third-order valence-electron chi connectivity index (χ3n) is 9.37. The van der Waals surface area contributed by atoms with E-state index in [1.807, 2.05) is 26.1 Å². The number of pyridine rings is 1. The zero-order valence-corrected chi connectivity index (χ0v) is 32.1. The number of imide groups is 1. The Kier molecular flexibility index (Phi) is 11.5. The minimum Gasteiger partial charge on any atom is -0.489 e. The fraction of sp³-hybridized carbons (Fsp3) is 0.395. The molecule has 2 aliphatic heterocycles. The minimum absolute atomic E-state index is 0.0865. The average molecular weight is 761 g/mol. The first-order valence-electron chi connectivity index (χ1n) is 17.8. The summed E-state index contributed by atoms with van der Waals surface area (Å²) < 4.78 is 32.4. The summed E-state index contributed by atoms with van der Waals surface area (Å²) in [4.78, 5) is 41.5. The summed E-state index contributed by atoms with van der Waals surface area (Å²) in [6.45, 7) is 12.2. The van der Waals surface area contributed by atoms with Crippen molar-refractivity contribution in [3.8, 4) is 5.75 Å². The fourth-order valence-corrected chi connectivity index (χ4v) is 7.95. The van der Waals surface area contributed by atoms with Crippen molar-refractivity contribution >= 4 is 62.2 Å². The van der Waals surface area contributed by atoms with Crippen molar-refractivity contribution in [1.29, 1.82) is 0 Å². The molecular formula is C38H45ClN8O5S. The van der Waals surface area contributed by atoms with Crippen molar-refractivity contribution in [2.75, 3.05) is 35.2 Å². The lowest BCUT2D eigenvalue weighted by Gasteiger charge is -2.33. The van der Waals surface area contributed by atoms with Crippen LogP contribution in [0.2, 0.25) is 5.02 Å². The van der Waals surface area contributed by atoms with Gasteiger partial charge in [0, 0.05) is 25.7 Å². The number of aryl methyl sites for hydroxylation is 1. The Labute approximate surface area is 315 Å². The van der Waals surface area contributed by atoms with Crippen molar-refractivity contribution in [2.45, 2.75) is 82.6 Å². The molecular weight excluding hydrogens is 716 g/mol. The Bertz CT molecular complexity index is 2100. The van der Waals surface area contributed by atoms with E-state index in [-0.39, 0.29) is 40.1 Å². The number of halogens is 1. The molecule has 4 aromatic rings. The quantitative estimate of drug-likeness (QED) is 0.135. The van der Waals surface area contributed by atoms with Crippen LogP contribution in [0.4, 0.5) is 33.6 Å². The number of amides is 3. The molecule has 0 spiro atoms. The molecule has 0 saturated carbocycles. The van der Waals surface area contributed by atoms with Gasteiger partial charge < -0.3 is 15.4 Å². The molecule has 4 heterocycles. The summed E-state index contributed by atoms with van der Waals surface area (Å²) >= 11 is 6.49. The largest absolute Gasteiger partial charge is 0.489 e. The van der Waals surface area contributed by atoms with Gasteiger partial charge in [-0.2, -0.15) is 4.98 Å². The lowest BCUT2D eigenvalue weighted by atomic mass is 9.86. The van der Waals surface area contributed by atoms with Crippen LogP contribution in [0, 0.1) is 6.92 Å². The highest BCUT2D eigenvalue weighted by Crippen LogP contribution is 2.39. The molecule has 0 unspecified atom stereocenters. The van der Waals surface area contributed by atoms with Gasteiger partial charge in [-0.3, -0.25) is 24.9 Å². The summed E-state index contributed by atoms with van der Waals surface area (Å²) in [6.07, 6.45) is 7.05. The maximum absolute atomic E-state index is 13.0. The molecule has 2 saturated heterocycles. The highest BCUT2D eigenvalue weighted by Gasteiger charge is 2.27. The van der Waals surface area contributed by atoms with E-state index in [2.05, 4.69) is 54.9 Å². The summed E-state index contributed by atoms with van der Waals surface area (Å²) in [5.41, 5.74) is 5.10. The minimum atomic E-state index is -3.57. The van der Waals surface area contributed by atoms with Gasteiger partial charge in [-0.05, 0) is 113 Å². The van der Waals surface area contributed by atoms with Crippen molar-refractivity contribution in [2.24, 2.45) is 0 Å². The number of sulfone groups is 1. The van der Waals surface area contributed by atoms with Gasteiger partial charge in [0.25, 0.3) is 0 Å². The number of para-hydroxylation sites is 1. The van der Waals surface area contributed by atoms with Gasteiger partial charge in [0.15, 0.2) is 15.7 Å². The number of carbonyl (C=O) groups is 2. The van der Waals surface area contributed by atoms with E-state index >= 15 is 0 Å². The van der Waals surface area contributed by atoms with Crippen LogP contribution >= 0.6 is 11.6 Å². The zero-order valence-electron chi connectivity index (χ0n) is 30.5. The van der Waals surface area contributed by atoms with E-state index in [0.29, 0.717) is 41.8 Å². The Morgan fingerprint density at radius 2 is 1.74 bits per heavy atom. The second-order valence-electron chi connectivity index (χ2n) is 14.0. The smallest absolute Gasteiger partial charge is 0.328 e. The number of hydrogen-bond donors (Lipinski definition) is 3. The molecule has 2 aromatic heterocycles. The molecule has 2 aliphatic rings. The van der Waals surface area contributed by atoms with E-state index in [9.17, 15) is 18.0 Å². The van der Waals surface area contributed by atoms with Crippen LogP contribution in [0.25, 0.3) is 0 Å². The van der Waals surface area contributed by atoms with E-state index in [0.717, 1.165) is 37.1 Å². The molecule has 0 bridgehead atoms. The molecule has 2 aromatic carbocycles. The van der Waals surface area contributed by atoms with Gasteiger partial charge in [0.1, 0.15) is 10.8 Å². The van der Waals surface area contributed by atoms with Crippen molar-refractivity contribution in [3.63, 3.8) is 0 Å². The molecule has 15 heteroatoms. The normalized spacial score (nSPS) is 15.9. The first-order valence-corrected chi connectivity index (χ1v) is 19.7. The monoisotopic (exact) mass is 760 g/mol. The second kappa shape index (κ2) is 16.1. The van der Waals surface area contributed by atoms with Gasteiger partial charge in [-0.25, -0.2) is 18.2 Å². The molecule has 3 amide bonds. The molecule has 0 aliphatic carbocycles. The lowest BCUT2D eigenvalue weighted by Crippen LogP contribution is -2.49. The SMILES string of the molecule is Cc1cc(Nc2ncc(Cl)c(Nc3ccccc3S(=O)(=O)C(C)C)n2)c(OC(C)C)cc1C1CCN(Cc2cncc(N3CCC(=O)NC3=O)c2)CC1. The first-order chi connectivity index (χ1) is 25.3. The third kappa shape index (κ3) is 8.89. The Morgan fingerprint density at radius 1 is 0.981 bits per heavy atom. The predicted octanol–water partition coefficient (Wildman–Crippen LogP) is 7.12. The van der Waals surface area contributed by atoms with Crippen LogP contribution in [-0.2, 0) is 21.2 Å². The van der Waals surface area contributed by atoms with Crippen molar-refractivity contribution in [3.05, 3.63) is 82.8 Å². The van der Waals surface area contributed by atoms with Gasteiger partial charge in [-0.15, -0.1) is 0 Å². The number of nitrogens with one attached hydrogen (secondary N) is 3. The van der Waals surface area contributed by atoms with Crippen molar-refractivity contribution < 1.29 is 22.7 Å². The lowest BCUT2D eigenvalue weighted by molar-refractivity contribution is -0.120. The number of ether oxygens (including phenoxy) is 1. The number of anilines is 5. The van der Waals surface area contributed by atoms with E-state index in [1.54, 1.807) is 49.2 Å². The summed E-state index contributed by atoms with van der Waals surface area (Å²) in [6, 6.07) is 12.4. The summed E-state index contributed by atoms with van der Waals surface area (Å²) in [7, 11) is -3.57. The van der Waals surface area contributed by atoms with Crippen LogP contribution in [0.5, 0.6) is 5.75 Å². The van der Waals surface area contributed by atoms with E-state index < -0.39 is 21.1 Å². The van der Waals surface area contributed by atoms with Gasteiger partial charge in [0.05, 0.1) is 45.7 Å². The summed E-state index contributed by atoms with van der Waals surface area (Å²) in [5, 5.41) is 8.42. The number of piperidine rings is 1. The fourth-order valence-electron chi connectivity index (χ4n) is 6.61. The molecule has 0 atom stereocenters.